The normalized spacial score (nSPS) is 11.6. The van der Waals surface area contributed by atoms with Gasteiger partial charge in [-0.1, -0.05) is 17.7 Å². The van der Waals surface area contributed by atoms with Gasteiger partial charge >= 0.3 is 11.8 Å². The monoisotopic (exact) mass is 465 g/mol. The summed E-state index contributed by atoms with van der Waals surface area (Å²) in [6.45, 7) is -0.235. The van der Waals surface area contributed by atoms with Gasteiger partial charge in [0.05, 0.1) is 17.8 Å². The lowest BCUT2D eigenvalue weighted by atomic mass is 10.2. The first-order valence-corrected chi connectivity index (χ1v) is 9.23. The lowest BCUT2D eigenvalue weighted by Gasteiger charge is -2.10. The third kappa shape index (κ3) is 2.52. The zero-order chi connectivity index (χ0) is 20.3. The van der Waals surface area contributed by atoms with E-state index in [1.165, 1.54) is 16.2 Å². The molecule has 144 valence electrons. The van der Waals surface area contributed by atoms with Gasteiger partial charge < -0.3 is 9.67 Å². The van der Waals surface area contributed by atoms with Crippen LogP contribution in [-0.4, -0.2) is 34.5 Å². The van der Waals surface area contributed by atoms with E-state index in [0.29, 0.717) is 20.7 Å². The molecule has 3 heterocycles. The average Bonchev–Trinajstić information content (AvgIpc) is 3.16. The Balaban J connectivity index is 2.02. The van der Waals surface area contributed by atoms with E-state index in [2.05, 4.69) is 20.9 Å². The number of aromatic nitrogens is 5. The van der Waals surface area contributed by atoms with Crippen LogP contribution in [0.1, 0.15) is 5.69 Å². The number of benzene rings is 1. The summed E-state index contributed by atoms with van der Waals surface area (Å²) in [5.41, 5.74) is -0.0736. The Morgan fingerprint density at radius 2 is 1.96 bits per heavy atom. The molecule has 28 heavy (non-hydrogen) atoms. The van der Waals surface area contributed by atoms with Gasteiger partial charge in [0.1, 0.15) is 0 Å². The maximum Gasteiger partial charge on any atom is 0.416 e. The minimum absolute atomic E-state index is 0.227. The number of carboxylic acid groups (broad SMARTS) is 1. The molecule has 0 aliphatic heterocycles. The van der Waals surface area contributed by atoms with Crippen LogP contribution in [-0.2, 0) is 20.6 Å². The van der Waals surface area contributed by atoms with E-state index in [9.17, 15) is 19.5 Å². The van der Waals surface area contributed by atoms with Crippen molar-refractivity contribution >= 4 is 55.7 Å². The number of carbonyl (C=O) groups is 1. The van der Waals surface area contributed by atoms with Gasteiger partial charge in [-0.2, -0.15) is 0 Å². The SMILES string of the molecule is Cn1c(Br)nc2c1c(=O)n(Cc1cc3c(Cl)cccc3n1C(=O)O)c(=O)n2C. The van der Waals surface area contributed by atoms with Gasteiger partial charge in [0.2, 0.25) is 0 Å². The molecule has 4 rings (SSSR count). The molecule has 0 fully saturated rings. The second-order valence-electron chi connectivity index (χ2n) is 6.27. The first-order valence-electron chi connectivity index (χ1n) is 8.06. The van der Waals surface area contributed by atoms with Crippen molar-refractivity contribution in [3.63, 3.8) is 0 Å². The Labute approximate surface area is 170 Å². The Kier molecular flexibility index (Phi) is 4.20. The molecule has 1 N–H and O–H groups in total. The van der Waals surface area contributed by atoms with Crippen LogP contribution in [0.25, 0.3) is 22.1 Å². The topological polar surface area (TPSA) is 104 Å². The first kappa shape index (κ1) is 18.5. The minimum atomic E-state index is -1.23. The third-order valence-electron chi connectivity index (χ3n) is 4.69. The third-order valence-corrected chi connectivity index (χ3v) is 5.72. The Bertz CT molecular complexity index is 1410. The number of fused-ring (bicyclic) bond motifs is 2. The highest BCUT2D eigenvalue weighted by Gasteiger charge is 2.21. The maximum atomic E-state index is 13.0. The van der Waals surface area contributed by atoms with E-state index < -0.39 is 17.3 Å². The van der Waals surface area contributed by atoms with Crippen molar-refractivity contribution in [2.75, 3.05) is 0 Å². The van der Waals surface area contributed by atoms with E-state index in [-0.39, 0.29) is 23.4 Å². The molecular weight excluding hydrogens is 454 g/mol. The molecule has 0 saturated carbocycles. The van der Waals surface area contributed by atoms with Crippen molar-refractivity contribution in [2.24, 2.45) is 14.1 Å². The molecule has 1 aromatic carbocycles. The zero-order valence-corrected chi connectivity index (χ0v) is 17.0. The number of aryl methyl sites for hydroxylation is 2. The van der Waals surface area contributed by atoms with Gasteiger partial charge in [-0.25, -0.2) is 19.1 Å². The average molecular weight is 467 g/mol. The fourth-order valence-corrected chi connectivity index (χ4v) is 3.88. The van der Waals surface area contributed by atoms with Crippen LogP contribution in [0, 0.1) is 0 Å². The Morgan fingerprint density at radius 1 is 1.25 bits per heavy atom. The number of halogens is 2. The summed E-state index contributed by atoms with van der Waals surface area (Å²) in [4.78, 5) is 41.8. The number of hydrogen-bond donors (Lipinski definition) is 1. The van der Waals surface area contributed by atoms with Crippen molar-refractivity contribution in [1.29, 1.82) is 0 Å². The van der Waals surface area contributed by atoms with Crippen molar-refractivity contribution < 1.29 is 9.90 Å². The van der Waals surface area contributed by atoms with Gasteiger partial charge in [-0.3, -0.25) is 13.9 Å². The molecule has 0 bridgehead atoms. The van der Waals surface area contributed by atoms with Gasteiger partial charge in [0.15, 0.2) is 15.9 Å². The van der Waals surface area contributed by atoms with Gasteiger partial charge in [0.25, 0.3) is 5.56 Å². The Morgan fingerprint density at radius 3 is 2.64 bits per heavy atom. The second-order valence-corrected chi connectivity index (χ2v) is 7.39. The molecule has 11 heteroatoms. The van der Waals surface area contributed by atoms with Gasteiger partial charge in [0, 0.05) is 24.5 Å². The van der Waals surface area contributed by atoms with Crippen LogP contribution in [0.4, 0.5) is 4.79 Å². The lowest BCUT2D eigenvalue weighted by molar-refractivity contribution is 0.196. The second kappa shape index (κ2) is 6.35. The molecular formula is C17H13BrClN5O4. The quantitative estimate of drug-likeness (QED) is 0.457. The van der Waals surface area contributed by atoms with Gasteiger partial charge in [-0.05, 0) is 34.1 Å². The molecule has 0 spiro atoms. The van der Waals surface area contributed by atoms with Crippen LogP contribution in [0.2, 0.25) is 5.02 Å². The fraction of sp³-hybridized carbons (Fsp3) is 0.176. The van der Waals surface area contributed by atoms with E-state index in [1.54, 1.807) is 31.3 Å². The molecule has 3 aromatic heterocycles. The smallest absolute Gasteiger partial charge is 0.416 e. The highest BCUT2D eigenvalue weighted by Crippen LogP contribution is 2.27. The number of rotatable bonds is 2. The number of imidazole rings is 1. The summed E-state index contributed by atoms with van der Waals surface area (Å²) >= 11 is 9.43. The van der Waals surface area contributed by atoms with E-state index in [4.69, 9.17) is 11.6 Å². The molecule has 0 unspecified atom stereocenters. The van der Waals surface area contributed by atoms with Crippen LogP contribution < -0.4 is 11.2 Å². The fourth-order valence-electron chi connectivity index (χ4n) is 3.31. The van der Waals surface area contributed by atoms with Crippen molar-refractivity contribution in [3.05, 3.63) is 60.6 Å². The molecule has 0 amide bonds. The van der Waals surface area contributed by atoms with E-state index in [0.717, 1.165) is 9.13 Å². The van der Waals surface area contributed by atoms with Crippen molar-refractivity contribution in [2.45, 2.75) is 6.54 Å². The lowest BCUT2D eigenvalue weighted by Crippen LogP contribution is -2.40. The van der Waals surface area contributed by atoms with Crippen molar-refractivity contribution in [3.8, 4) is 0 Å². The van der Waals surface area contributed by atoms with Crippen LogP contribution in [0.3, 0.4) is 0 Å². The van der Waals surface area contributed by atoms with Crippen LogP contribution in [0.15, 0.2) is 38.6 Å². The van der Waals surface area contributed by atoms with E-state index in [1.807, 2.05) is 0 Å². The zero-order valence-electron chi connectivity index (χ0n) is 14.7. The molecule has 0 atom stereocenters. The molecule has 0 saturated heterocycles. The summed E-state index contributed by atoms with van der Waals surface area (Å²) in [7, 11) is 3.15. The van der Waals surface area contributed by atoms with Crippen molar-refractivity contribution in [1.82, 2.24) is 23.3 Å². The summed E-state index contributed by atoms with van der Waals surface area (Å²) in [6.07, 6.45) is -1.23. The standard InChI is InChI=1S/C17H13BrClN5O4/c1-21-12-13(20-15(21)18)22(2)16(26)23(14(12)25)7-8-6-9-10(19)4-3-5-11(9)24(8)17(27)28/h3-6H,7H2,1-2H3,(H,27,28). The summed E-state index contributed by atoms with van der Waals surface area (Å²) in [5, 5.41) is 10.6. The number of nitrogens with zero attached hydrogens (tertiary/aromatic N) is 5. The Hall–Kier alpha value is -2.85. The molecule has 0 aliphatic carbocycles. The van der Waals surface area contributed by atoms with E-state index >= 15 is 0 Å². The summed E-state index contributed by atoms with van der Waals surface area (Å²) < 4.78 is 5.19. The minimum Gasteiger partial charge on any atom is -0.464 e. The first-order chi connectivity index (χ1) is 13.2. The highest BCUT2D eigenvalue weighted by molar-refractivity contribution is 9.10. The maximum absolute atomic E-state index is 13.0. The molecule has 0 aliphatic rings. The molecule has 9 nitrogen and oxygen atoms in total. The largest absolute Gasteiger partial charge is 0.464 e. The summed E-state index contributed by atoms with van der Waals surface area (Å²) in [6, 6.07) is 6.46. The highest BCUT2D eigenvalue weighted by atomic mass is 79.9. The molecule has 0 radical (unpaired) electrons. The predicted molar refractivity (Wildman–Crippen MR) is 107 cm³/mol. The van der Waals surface area contributed by atoms with Gasteiger partial charge in [-0.15, -0.1) is 0 Å². The predicted octanol–water partition coefficient (Wildman–Crippen LogP) is 2.38. The number of hydrogen-bond acceptors (Lipinski definition) is 4. The summed E-state index contributed by atoms with van der Waals surface area (Å²) in [5.74, 6) is 0. The van der Waals surface area contributed by atoms with Crippen LogP contribution in [0.5, 0.6) is 0 Å². The van der Waals surface area contributed by atoms with Crippen LogP contribution >= 0.6 is 27.5 Å². The molecule has 4 aromatic rings.